The molecule has 1 fully saturated rings. The van der Waals surface area contributed by atoms with E-state index in [1.165, 1.54) is 25.0 Å². The van der Waals surface area contributed by atoms with E-state index in [0.717, 1.165) is 6.42 Å². The smallest absolute Gasteiger partial charge is 0.0695 e. The summed E-state index contributed by atoms with van der Waals surface area (Å²) >= 11 is 1.90. The van der Waals surface area contributed by atoms with Gasteiger partial charge in [-0.3, -0.25) is 4.90 Å². The van der Waals surface area contributed by atoms with Crippen molar-refractivity contribution in [1.29, 1.82) is 0 Å². The molecule has 0 heterocycles. The zero-order valence-electron chi connectivity index (χ0n) is 9.57. The van der Waals surface area contributed by atoms with Crippen LogP contribution >= 0.6 is 11.8 Å². The highest BCUT2D eigenvalue weighted by molar-refractivity contribution is 7.98. The lowest BCUT2D eigenvalue weighted by Gasteiger charge is -2.33. The minimum atomic E-state index is -0.0871. The molecule has 3 atom stereocenters. The van der Waals surface area contributed by atoms with Crippen LogP contribution in [-0.2, 0) is 0 Å². The molecule has 84 valence electrons. The second-order valence-electron chi connectivity index (χ2n) is 4.25. The van der Waals surface area contributed by atoms with E-state index in [-0.39, 0.29) is 6.10 Å². The van der Waals surface area contributed by atoms with Crippen molar-refractivity contribution >= 4 is 11.8 Å². The van der Waals surface area contributed by atoms with Crippen LogP contribution in [0.5, 0.6) is 0 Å². The van der Waals surface area contributed by atoms with Gasteiger partial charge in [0.05, 0.1) is 6.10 Å². The van der Waals surface area contributed by atoms with Gasteiger partial charge in [-0.15, -0.1) is 0 Å². The van der Waals surface area contributed by atoms with Crippen LogP contribution in [0.15, 0.2) is 0 Å². The molecule has 2 nitrogen and oxygen atoms in total. The summed E-state index contributed by atoms with van der Waals surface area (Å²) in [6.07, 6.45) is 6.59. The van der Waals surface area contributed by atoms with Gasteiger partial charge in [-0.1, -0.05) is 6.92 Å². The van der Waals surface area contributed by atoms with Gasteiger partial charge in [-0.25, -0.2) is 0 Å². The van der Waals surface area contributed by atoms with Crippen molar-refractivity contribution in [2.24, 2.45) is 0 Å². The van der Waals surface area contributed by atoms with Crippen LogP contribution in [0.2, 0.25) is 0 Å². The van der Waals surface area contributed by atoms with Gasteiger partial charge in [-0.05, 0) is 39.0 Å². The molecule has 1 saturated carbocycles. The Morgan fingerprint density at radius 3 is 2.64 bits per heavy atom. The minimum Gasteiger partial charge on any atom is -0.391 e. The molecule has 0 spiro atoms. The Morgan fingerprint density at radius 1 is 1.50 bits per heavy atom. The van der Waals surface area contributed by atoms with E-state index < -0.39 is 0 Å². The average Bonchev–Trinajstić information content (AvgIpc) is 2.59. The van der Waals surface area contributed by atoms with Gasteiger partial charge in [0.25, 0.3) is 0 Å². The lowest BCUT2D eigenvalue weighted by molar-refractivity contribution is 0.0659. The normalized spacial score (nSPS) is 29.8. The fraction of sp³-hybridized carbons (Fsp3) is 1.00. The van der Waals surface area contributed by atoms with E-state index in [1.807, 2.05) is 11.8 Å². The topological polar surface area (TPSA) is 23.5 Å². The van der Waals surface area contributed by atoms with Crippen molar-refractivity contribution in [3.63, 3.8) is 0 Å². The molecule has 1 aliphatic carbocycles. The molecule has 0 aromatic heterocycles. The van der Waals surface area contributed by atoms with E-state index in [0.29, 0.717) is 12.1 Å². The summed E-state index contributed by atoms with van der Waals surface area (Å²) in [5.74, 6) is 1.18. The largest absolute Gasteiger partial charge is 0.391 e. The van der Waals surface area contributed by atoms with Crippen LogP contribution in [0.1, 0.15) is 32.6 Å². The van der Waals surface area contributed by atoms with E-state index in [2.05, 4.69) is 25.1 Å². The highest BCUT2D eigenvalue weighted by Gasteiger charge is 2.31. The van der Waals surface area contributed by atoms with Crippen LogP contribution in [-0.4, -0.2) is 47.3 Å². The maximum atomic E-state index is 9.82. The molecule has 1 aliphatic rings. The first-order valence-corrected chi connectivity index (χ1v) is 6.99. The standard InChI is InChI=1S/C11H23NOS/c1-4-9(8-14-3)12(2)10-6-5-7-11(10)13/h9-11,13H,4-8H2,1-3H3. The van der Waals surface area contributed by atoms with Gasteiger partial charge in [-0.2, -0.15) is 11.8 Å². The van der Waals surface area contributed by atoms with Crippen LogP contribution in [0, 0.1) is 0 Å². The lowest BCUT2D eigenvalue weighted by Crippen LogP contribution is -2.45. The second-order valence-corrected chi connectivity index (χ2v) is 5.16. The lowest BCUT2D eigenvalue weighted by atomic mass is 10.1. The van der Waals surface area contributed by atoms with E-state index >= 15 is 0 Å². The second kappa shape index (κ2) is 5.99. The Balaban J connectivity index is 2.48. The summed E-state index contributed by atoms with van der Waals surface area (Å²) in [5, 5.41) is 9.82. The maximum Gasteiger partial charge on any atom is 0.0695 e. The Hall–Kier alpha value is 0.270. The van der Waals surface area contributed by atoms with Crippen LogP contribution < -0.4 is 0 Å². The molecular weight excluding hydrogens is 194 g/mol. The molecule has 1 rings (SSSR count). The number of likely N-dealkylation sites (N-methyl/N-ethyl adjacent to an activating group) is 1. The van der Waals surface area contributed by atoms with E-state index in [1.54, 1.807) is 0 Å². The summed E-state index contributed by atoms with van der Waals surface area (Å²) in [5.41, 5.74) is 0. The SMILES string of the molecule is CCC(CSC)N(C)C1CCCC1O. The first-order chi connectivity index (χ1) is 6.70. The predicted molar refractivity (Wildman–Crippen MR) is 63.9 cm³/mol. The summed E-state index contributed by atoms with van der Waals surface area (Å²) in [4.78, 5) is 2.40. The number of aliphatic hydroxyl groups is 1. The highest BCUT2D eigenvalue weighted by atomic mass is 32.2. The number of hydrogen-bond acceptors (Lipinski definition) is 3. The molecule has 0 radical (unpaired) electrons. The molecule has 3 unspecified atom stereocenters. The minimum absolute atomic E-state index is 0.0871. The molecule has 0 aromatic rings. The van der Waals surface area contributed by atoms with Gasteiger partial charge in [0.1, 0.15) is 0 Å². The van der Waals surface area contributed by atoms with Crippen molar-refractivity contribution < 1.29 is 5.11 Å². The van der Waals surface area contributed by atoms with Crippen molar-refractivity contribution in [2.75, 3.05) is 19.1 Å². The van der Waals surface area contributed by atoms with E-state index in [9.17, 15) is 5.11 Å². The highest BCUT2D eigenvalue weighted by Crippen LogP contribution is 2.26. The molecule has 0 amide bonds. The number of rotatable bonds is 5. The van der Waals surface area contributed by atoms with Crippen molar-refractivity contribution in [3.8, 4) is 0 Å². The Kier molecular flexibility index (Phi) is 5.28. The first kappa shape index (κ1) is 12.3. The molecule has 1 N–H and O–H groups in total. The summed E-state index contributed by atoms with van der Waals surface area (Å²) in [6.45, 7) is 2.23. The van der Waals surface area contributed by atoms with Gasteiger partial charge in [0.2, 0.25) is 0 Å². The third-order valence-electron chi connectivity index (χ3n) is 3.37. The van der Waals surface area contributed by atoms with Gasteiger partial charge >= 0.3 is 0 Å². The number of thioether (sulfide) groups is 1. The van der Waals surface area contributed by atoms with Gasteiger partial charge in [0, 0.05) is 17.8 Å². The third-order valence-corrected chi connectivity index (χ3v) is 4.09. The van der Waals surface area contributed by atoms with Crippen LogP contribution in [0.4, 0.5) is 0 Å². The Bertz CT molecular complexity index is 165. The maximum absolute atomic E-state index is 9.82. The zero-order valence-corrected chi connectivity index (χ0v) is 10.4. The fourth-order valence-corrected chi connectivity index (χ4v) is 3.24. The molecule has 3 heteroatoms. The van der Waals surface area contributed by atoms with Crippen LogP contribution in [0.25, 0.3) is 0 Å². The van der Waals surface area contributed by atoms with Gasteiger partial charge < -0.3 is 5.11 Å². The van der Waals surface area contributed by atoms with Crippen molar-refractivity contribution in [1.82, 2.24) is 4.90 Å². The summed E-state index contributed by atoms with van der Waals surface area (Å²) in [7, 11) is 2.17. The van der Waals surface area contributed by atoms with Crippen molar-refractivity contribution in [2.45, 2.75) is 50.8 Å². The first-order valence-electron chi connectivity index (χ1n) is 5.59. The van der Waals surface area contributed by atoms with Crippen molar-refractivity contribution in [3.05, 3.63) is 0 Å². The molecule has 0 bridgehead atoms. The Morgan fingerprint density at radius 2 is 2.21 bits per heavy atom. The number of nitrogens with zero attached hydrogens (tertiary/aromatic N) is 1. The summed E-state index contributed by atoms with van der Waals surface area (Å²) in [6, 6.07) is 1.04. The quantitative estimate of drug-likeness (QED) is 0.761. The molecule has 0 aromatic carbocycles. The molecule has 14 heavy (non-hydrogen) atoms. The predicted octanol–water partition coefficient (Wildman–Crippen LogP) is 1.97. The zero-order chi connectivity index (χ0) is 10.6. The molecule has 0 saturated heterocycles. The number of hydrogen-bond donors (Lipinski definition) is 1. The Labute approximate surface area is 92.1 Å². The average molecular weight is 217 g/mol. The summed E-state index contributed by atoms with van der Waals surface area (Å²) < 4.78 is 0. The van der Waals surface area contributed by atoms with Crippen LogP contribution in [0.3, 0.4) is 0 Å². The van der Waals surface area contributed by atoms with E-state index in [4.69, 9.17) is 0 Å². The monoisotopic (exact) mass is 217 g/mol. The fourth-order valence-electron chi connectivity index (χ4n) is 2.38. The molecule has 0 aliphatic heterocycles. The number of aliphatic hydroxyl groups excluding tert-OH is 1. The third kappa shape index (κ3) is 2.88. The van der Waals surface area contributed by atoms with Gasteiger partial charge in [0.15, 0.2) is 0 Å². The molecular formula is C11H23NOS.